The van der Waals surface area contributed by atoms with Crippen LogP contribution in [-0.4, -0.2) is 32.1 Å². The Bertz CT molecular complexity index is 415. The molecule has 1 aromatic rings. The number of hydrogen-bond donors (Lipinski definition) is 1. The molecule has 0 radical (unpaired) electrons. The van der Waals surface area contributed by atoms with E-state index in [2.05, 4.69) is 25.3 Å². The number of anilines is 1. The molecule has 4 heteroatoms. The summed E-state index contributed by atoms with van der Waals surface area (Å²) in [7, 11) is -1.09. The molecule has 1 aromatic carbocycles. The summed E-state index contributed by atoms with van der Waals surface area (Å²) in [6.45, 7) is 10.4. The summed E-state index contributed by atoms with van der Waals surface area (Å²) >= 11 is 5.96. The maximum atomic E-state index is 11.9. The lowest BCUT2D eigenvalue weighted by Crippen LogP contribution is -2.19. The minimum atomic E-state index is -1.09. The second-order valence-electron chi connectivity index (χ2n) is 5.41. The van der Waals surface area contributed by atoms with Crippen molar-refractivity contribution in [3.63, 3.8) is 0 Å². The molecule has 1 amide bonds. The Labute approximate surface area is 109 Å². The van der Waals surface area contributed by atoms with Gasteiger partial charge in [0.25, 0.3) is 5.91 Å². The van der Waals surface area contributed by atoms with Crippen molar-refractivity contribution in [1.82, 2.24) is 0 Å². The predicted octanol–water partition coefficient (Wildman–Crippen LogP) is 3.80. The van der Waals surface area contributed by atoms with Gasteiger partial charge in [0, 0.05) is 38.0 Å². The largest absolute Gasteiger partial charge is 0.322 e. The molecule has 1 rings (SSSR count). The second-order valence-corrected chi connectivity index (χ2v) is 10.7. The fourth-order valence-electron chi connectivity index (χ4n) is 1.72. The van der Waals surface area contributed by atoms with Crippen LogP contribution in [0, 0.1) is 13.8 Å². The Morgan fingerprint density at radius 1 is 1.24 bits per heavy atom. The van der Waals surface area contributed by atoms with Gasteiger partial charge in [-0.1, -0.05) is 11.6 Å². The van der Waals surface area contributed by atoms with Gasteiger partial charge in [0.05, 0.1) is 0 Å². The molecule has 0 unspecified atom stereocenters. The molecule has 2 nitrogen and oxygen atoms in total. The number of benzene rings is 1. The SMILES string of the molecule is Cc1cc(Cl)cc(C)c1NC(=O)C[P+](C)(C)C. The highest BCUT2D eigenvalue weighted by Crippen LogP contribution is 2.46. The van der Waals surface area contributed by atoms with E-state index in [0.29, 0.717) is 11.2 Å². The molecule has 0 saturated carbocycles. The van der Waals surface area contributed by atoms with E-state index in [1.807, 2.05) is 26.0 Å². The average Bonchev–Trinajstić information content (AvgIpc) is 2.08. The van der Waals surface area contributed by atoms with E-state index in [-0.39, 0.29) is 5.91 Å². The van der Waals surface area contributed by atoms with Crippen LogP contribution in [-0.2, 0) is 4.79 Å². The van der Waals surface area contributed by atoms with Gasteiger partial charge >= 0.3 is 0 Å². The molecule has 0 aliphatic carbocycles. The zero-order chi connectivity index (χ0) is 13.2. The first-order chi connectivity index (χ1) is 7.69. The lowest BCUT2D eigenvalue weighted by Gasteiger charge is -2.15. The monoisotopic (exact) mass is 272 g/mol. The van der Waals surface area contributed by atoms with Crippen LogP contribution in [0.4, 0.5) is 5.69 Å². The maximum absolute atomic E-state index is 11.9. The van der Waals surface area contributed by atoms with Gasteiger partial charge < -0.3 is 5.32 Å². The van der Waals surface area contributed by atoms with Crippen LogP contribution in [0.3, 0.4) is 0 Å². The molecule has 0 bridgehead atoms. The third kappa shape index (κ3) is 4.65. The van der Waals surface area contributed by atoms with E-state index in [9.17, 15) is 4.79 Å². The van der Waals surface area contributed by atoms with E-state index in [0.717, 1.165) is 16.8 Å². The lowest BCUT2D eigenvalue weighted by molar-refractivity contribution is -0.113. The fraction of sp³-hybridized carbons (Fsp3) is 0.462. The summed E-state index contributed by atoms with van der Waals surface area (Å²) in [5, 5.41) is 3.70. The molecule has 0 aromatic heterocycles. The Balaban J connectivity index is 2.86. The molecule has 0 saturated heterocycles. The van der Waals surface area contributed by atoms with Crippen molar-refractivity contribution >= 4 is 30.5 Å². The number of halogens is 1. The van der Waals surface area contributed by atoms with Gasteiger partial charge in [0.2, 0.25) is 0 Å². The maximum Gasteiger partial charge on any atom is 0.261 e. The molecule has 0 aliphatic heterocycles. The van der Waals surface area contributed by atoms with Crippen LogP contribution in [0.25, 0.3) is 0 Å². The van der Waals surface area contributed by atoms with Gasteiger partial charge in [-0.25, -0.2) is 0 Å². The third-order valence-corrected chi connectivity index (χ3v) is 3.83. The molecular formula is C13H20ClNOP+. The molecule has 1 N–H and O–H groups in total. The summed E-state index contributed by atoms with van der Waals surface area (Å²) in [6.07, 6.45) is 0.620. The highest BCUT2D eigenvalue weighted by Gasteiger charge is 2.22. The average molecular weight is 273 g/mol. The van der Waals surface area contributed by atoms with E-state index in [1.165, 1.54) is 0 Å². The summed E-state index contributed by atoms with van der Waals surface area (Å²) in [5.74, 6) is 0.0966. The van der Waals surface area contributed by atoms with Crippen LogP contribution in [0.5, 0.6) is 0 Å². The smallest absolute Gasteiger partial charge is 0.261 e. The highest BCUT2D eigenvalue weighted by molar-refractivity contribution is 7.74. The van der Waals surface area contributed by atoms with E-state index >= 15 is 0 Å². The normalized spacial score (nSPS) is 11.4. The van der Waals surface area contributed by atoms with Gasteiger partial charge in [-0.2, -0.15) is 0 Å². The molecule has 0 heterocycles. The van der Waals surface area contributed by atoms with Gasteiger partial charge in [-0.15, -0.1) is 0 Å². The van der Waals surface area contributed by atoms with Gasteiger partial charge in [0.1, 0.15) is 6.16 Å². The molecule has 17 heavy (non-hydrogen) atoms. The van der Waals surface area contributed by atoms with Crippen molar-refractivity contribution in [2.45, 2.75) is 13.8 Å². The molecule has 0 atom stereocenters. The summed E-state index contributed by atoms with van der Waals surface area (Å²) in [5.41, 5.74) is 2.92. The number of amides is 1. The van der Waals surface area contributed by atoms with Gasteiger partial charge in [0.15, 0.2) is 0 Å². The van der Waals surface area contributed by atoms with Crippen LogP contribution in [0.15, 0.2) is 12.1 Å². The minimum absolute atomic E-state index is 0.0966. The summed E-state index contributed by atoms with van der Waals surface area (Å²) in [4.78, 5) is 11.9. The Morgan fingerprint density at radius 2 is 1.71 bits per heavy atom. The minimum Gasteiger partial charge on any atom is -0.322 e. The Kier molecular flexibility index (Phi) is 4.57. The first-order valence-corrected chi connectivity index (χ1v) is 9.25. The van der Waals surface area contributed by atoms with Crippen molar-refractivity contribution < 1.29 is 4.79 Å². The van der Waals surface area contributed by atoms with Gasteiger partial charge in [-0.3, -0.25) is 4.79 Å². The van der Waals surface area contributed by atoms with Crippen molar-refractivity contribution in [2.24, 2.45) is 0 Å². The number of rotatable bonds is 3. The third-order valence-electron chi connectivity index (χ3n) is 2.38. The van der Waals surface area contributed by atoms with Crippen molar-refractivity contribution in [1.29, 1.82) is 0 Å². The Morgan fingerprint density at radius 3 is 2.12 bits per heavy atom. The zero-order valence-electron chi connectivity index (χ0n) is 11.1. The van der Waals surface area contributed by atoms with E-state index in [4.69, 9.17) is 11.6 Å². The fourth-order valence-corrected chi connectivity index (χ4v) is 2.99. The highest BCUT2D eigenvalue weighted by atomic mass is 35.5. The molecule has 0 fully saturated rings. The van der Waals surface area contributed by atoms with Crippen LogP contribution in [0.2, 0.25) is 5.02 Å². The molecule has 0 spiro atoms. The van der Waals surface area contributed by atoms with Crippen LogP contribution < -0.4 is 5.32 Å². The first-order valence-electron chi connectivity index (χ1n) is 5.56. The van der Waals surface area contributed by atoms with E-state index < -0.39 is 7.26 Å². The van der Waals surface area contributed by atoms with Crippen molar-refractivity contribution in [3.05, 3.63) is 28.3 Å². The number of hydrogen-bond acceptors (Lipinski definition) is 1. The van der Waals surface area contributed by atoms with Crippen LogP contribution >= 0.6 is 18.9 Å². The second kappa shape index (κ2) is 5.37. The zero-order valence-corrected chi connectivity index (χ0v) is 12.7. The van der Waals surface area contributed by atoms with Crippen molar-refractivity contribution in [2.75, 3.05) is 31.5 Å². The number of carbonyl (C=O) groups excluding carboxylic acids is 1. The van der Waals surface area contributed by atoms with Gasteiger partial charge in [-0.05, 0) is 37.1 Å². The standard InChI is InChI=1S/C13H19ClNOP/c1-9-6-11(14)7-10(2)13(9)15-12(16)8-17(3,4)5/h6-7H,8H2,1-5H3/p+1. The topological polar surface area (TPSA) is 29.1 Å². The number of aryl methyl sites for hydroxylation is 2. The summed E-state index contributed by atoms with van der Waals surface area (Å²) in [6, 6.07) is 3.74. The lowest BCUT2D eigenvalue weighted by atomic mass is 10.1. The quantitative estimate of drug-likeness (QED) is 0.833. The van der Waals surface area contributed by atoms with Crippen molar-refractivity contribution in [3.8, 4) is 0 Å². The predicted molar refractivity (Wildman–Crippen MR) is 79.1 cm³/mol. The molecule has 94 valence electrons. The number of carbonyl (C=O) groups is 1. The summed E-state index contributed by atoms with van der Waals surface area (Å²) < 4.78 is 0. The van der Waals surface area contributed by atoms with Crippen LogP contribution in [0.1, 0.15) is 11.1 Å². The van der Waals surface area contributed by atoms with E-state index in [1.54, 1.807) is 0 Å². The molecule has 0 aliphatic rings. The molecular weight excluding hydrogens is 253 g/mol. The Hall–Kier alpha value is -0.590. The number of nitrogens with one attached hydrogen (secondary N) is 1. The first kappa shape index (κ1) is 14.5.